The highest BCUT2D eigenvalue weighted by molar-refractivity contribution is 6.01. The number of anilines is 2. The van der Waals surface area contributed by atoms with Crippen molar-refractivity contribution in [3.8, 4) is 0 Å². The van der Waals surface area contributed by atoms with Gasteiger partial charge in [-0.15, -0.1) is 0 Å². The number of para-hydroxylation sites is 2. The lowest BCUT2D eigenvalue weighted by Crippen LogP contribution is -2.35. The quantitative estimate of drug-likeness (QED) is 0.879. The van der Waals surface area contributed by atoms with Crippen LogP contribution in [-0.4, -0.2) is 23.8 Å². The third-order valence-electron chi connectivity index (χ3n) is 4.16. The molecule has 2 N–H and O–H groups in total. The third kappa shape index (κ3) is 4.07. The van der Waals surface area contributed by atoms with Crippen molar-refractivity contribution in [1.29, 1.82) is 0 Å². The molecule has 3 rings (SSSR count). The summed E-state index contributed by atoms with van der Waals surface area (Å²) in [6, 6.07) is 18.5. The van der Waals surface area contributed by atoms with Crippen LogP contribution in [-0.2, 0) is 4.79 Å². The lowest BCUT2D eigenvalue weighted by Gasteiger charge is -2.27. The van der Waals surface area contributed by atoms with Crippen LogP contribution in [0.2, 0.25) is 0 Å². The number of benzene rings is 2. The molecular formula is C20H21N3O2. The Bertz CT molecular complexity index is 785. The van der Waals surface area contributed by atoms with E-state index in [9.17, 15) is 9.59 Å². The Labute approximate surface area is 147 Å². The zero-order valence-corrected chi connectivity index (χ0v) is 14.2. The molecular weight excluding hydrogens is 314 g/mol. The van der Waals surface area contributed by atoms with E-state index in [1.165, 1.54) is 4.90 Å². The minimum Gasteiger partial charge on any atom is -0.351 e. The normalized spacial score (nSPS) is 14.2. The number of allylic oxidation sites excluding steroid dienone is 2. The van der Waals surface area contributed by atoms with Gasteiger partial charge >= 0.3 is 6.03 Å². The van der Waals surface area contributed by atoms with E-state index in [0.717, 1.165) is 17.8 Å². The van der Waals surface area contributed by atoms with Crippen LogP contribution in [0.3, 0.4) is 0 Å². The first-order valence-corrected chi connectivity index (χ1v) is 8.33. The number of carbonyl (C=O) groups is 2. The Morgan fingerprint density at radius 3 is 2.16 bits per heavy atom. The maximum atomic E-state index is 12.6. The summed E-state index contributed by atoms with van der Waals surface area (Å²) in [7, 11) is 1.69. The molecule has 5 heteroatoms. The molecule has 25 heavy (non-hydrogen) atoms. The van der Waals surface area contributed by atoms with E-state index < -0.39 is 0 Å². The number of nitrogens with one attached hydrogen (secondary N) is 2. The third-order valence-corrected chi connectivity index (χ3v) is 4.16. The van der Waals surface area contributed by atoms with E-state index in [2.05, 4.69) is 10.6 Å². The van der Waals surface area contributed by atoms with E-state index in [0.29, 0.717) is 24.2 Å². The van der Waals surface area contributed by atoms with Gasteiger partial charge in [0, 0.05) is 30.5 Å². The summed E-state index contributed by atoms with van der Waals surface area (Å²) in [5.74, 6) is 0.0319. The molecule has 0 aromatic heterocycles. The van der Waals surface area contributed by atoms with Gasteiger partial charge < -0.3 is 10.6 Å². The van der Waals surface area contributed by atoms with Crippen LogP contribution in [0.4, 0.5) is 16.2 Å². The van der Waals surface area contributed by atoms with Crippen molar-refractivity contribution in [2.45, 2.75) is 19.3 Å². The van der Waals surface area contributed by atoms with Gasteiger partial charge in [0.25, 0.3) is 0 Å². The molecule has 0 fully saturated rings. The van der Waals surface area contributed by atoms with Crippen molar-refractivity contribution >= 4 is 23.2 Å². The predicted octanol–water partition coefficient (Wildman–Crippen LogP) is 4.23. The van der Waals surface area contributed by atoms with E-state index in [4.69, 9.17) is 0 Å². The summed E-state index contributed by atoms with van der Waals surface area (Å²) in [4.78, 5) is 26.5. The molecule has 0 heterocycles. The number of urea groups is 1. The first-order chi connectivity index (χ1) is 12.1. The fourth-order valence-corrected chi connectivity index (χ4v) is 2.82. The van der Waals surface area contributed by atoms with Crippen molar-refractivity contribution in [3.63, 3.8) is 0 Å². The van der Waals surface area contributed by atoms with Gasteiger partial charge in [-0.05, 0) is 37.1 Å². The second-order valence-electron chi connectivity index (χ2n) is 5.94. The average molecular weight is 335 g/mol. The maximum Gasteiger partial charge on any atom is 0.325 e. The molecule has 2 aromatic rings. The predicted molar refractivity (Wildman–Crippen MR) is 99.2 cm³/mol. The summed E-state index contributed by atoms with van der Waals surface area (Å²) < 4.78 is 0. The molecule has 1 aliphatic rings. The number of rotatable bonds is 4. The highest BCUT2D eigenvalue weighted by atomic mass is 16.2. The van der Waals surface area contributed by atoms with Crippen molar-refractivity contribution in [3.05, 3.63) is 72.1 Å². The minimum atomic E-state index is -0.261. The molecule has 5 nitrogen and oxygen atoms in total. The van der Waals surface area contributed by atoms with Gasteiger partial charge in [0.2, 0.25) is 0 Å². The van der Waals surface area contributed by atoms with Crippen molar-refractivity contribution in [1.82, 2.24) is 4.90 Å². The monoisotopic (exact) mass is 335 g/mol. The van der Waals surface area contributed by atoms with Crippen LogP contribution in [0.1, 0.15) is 19.3 Å². The highest BCUT2D eigenvalue weighted by Gasteiger charge is 2.26. The second kappa shape index (κ2) is 7.66. The number of carbonyl (C=O) groups excluding carboxylic acids is 2. The average Bonchev–Trinajstić information content (AvgIpc) is 2.64. The minimum absolute atomic E-state index is 0.0319. The van der Waals surface area contributed by atoms with Gasteiger partial charge in [-0.1, -0.05) is 36.4 Å². The summed E-state index contributed by atoms with van der Waals surface area (Å²) in [6.45, 7) is 0. The molecule has 0 saturated carbocycles. The fourth-order valence-electron chi connectivity index (χ4n) is 2.82. The van der Waals surface area contributed by atoms with Crippen LogP contribution >= 0.6 is 0 Å². The number of hydrogen-bond acceptors (Lipinski definition) is 3. The molecule has 0 spiro atoms. The number of Topliss-reactive ketones (excluding diaryl/α,β-unsaturated/α-hetero) is 1. The first-order valence-electron chi connectivity index (χ1n) is 8.33. The van der Waals surface area contributed by atoms with E-state index in [-0.39, 0.29) is 11.8 Å². The molecule has 0 saturated heterocycles. The molecule has 0 unspecified atom stereocenters. The SMILES string of the molecule is CN(C(=O)Nc1ccccc1)C1=C(Nc2ccccc2)C(=O)CCC1. The number of amides is 2. The molecule has 0 aliphatic heterocycles. The van der Waals surface area contributed by atoms with Crippen LogP contribution in [0.25, 0.3) is 0 Å². The first kappa shape index (κ1) is 16.8. The summed E-state index contributed by atoms with van der Waals surface area (Å²) >= 11 is 0. The van der Waals surface area contributed by atoms with Gasteiger partial charge in [-0.2, -0.15) is 0 Å². The smallest absolute Gasteiger partial charge is 0.325 e. The summed E-state index contributed by atoms with van der Waals surface area (Å²) in [5, 5.41) is 6.04. The standard InChI is InChI=1S/C20H21N3O2/c1-23(20(25)22-16-11-6-3-7-12-16)17-13-8-14-18(24)19(17)21-15-9-4-2-5-10-15/h2-7,9-12,21H,8,13-14H2,1H3,(H,22,25). The number of ketones is 1. The van der Waals surface area contributed by atoms with Crippen LogP contribution < -0.4 is 10.6 Å². The Balaban J connectivity index is 1.83. The molecule has 0 radical (unpaired) electrons. The van der Waals surface area contributed by atoms with Crippen LogP contribution in [0.15, 0.2) is 72.1 Å². The molecule has 128 valence electrons. The summed E-state index contributed by atoms with van der Waals surface area (Å²) in [5.41, 5.74) is 2.78. The van der Waals surface area contributed by atoms with Crippen LogP contribution in [0, 0.1) is 0 Å². The van der Waals surface area contributed by atoms with Gasteiger partial charge in [0.05, 0.1) is 0 Å². The van der Waals surface area contributed by atoms with Gasteiger partial charge in [0.1, 0.15) is 5.70 Å². The van der Waals surface area contributed by atoms with E-state index >= 15 is 0 Å². The van der Waals surface area contributed by atoms with Crippen molar-refractivity contribution in [2.75, 3.05) is 17.7 Å². The largest absolute Gasteiger partial charge is 0.351 e. The number of hydrogen-bond donors (Lipinski definition) is 2. The Hall–Kier alpha value is -3.08. The van der Waals surface area contributed by atoms with Gasteiger partial charge in [-0.3, -0.25) is 9.69 Å². The van der Waals surface area contributed by atoms with Crippen molar-refractivity contribution < 1.29 is 9.59 Å². The fraction of sp³-hybridized carbons (Fsp3) is 0.200. The zero-order valence-electron chi connectivity index (χ0n) is 14.2. The molecule has 1 aliphatic carbocycles. The molecule has 2 amide bonds. The second-order valence-corrected chi connectivity index (χ2v) is 5.94. The Kier molecular flexibility index (Phi) is 5.14. The Morgan fingerprint density at radius 2 is 1.52 bits per heavy atom. The lowest BCUT2D eigenvalue weighted by atomic mass is 9.99. The highest BCUT2D eigenvalue weighted by Crippen LogP contribution is 2.26. The molecule has 2 aromatic carbocycles. The Morgan fingerprint density at radius 1 is 0.920 bits per heavy atom. The summed E-state index contributed by atoms with van der Waals surface area (Å²) in [6.07, 6.45) is 1.92. The van der Waals surface area contributed by atoms with Gasteiger partial charge in [0.15, 0.2) is 5.78 Å². The van der Waals surface area contributed by atoms with E-state index in [1.54, 1.807) is 7.05 Å². The lowest BCUT2D eigenvalue weighted by molar-refractivity contribution is -0.116. The molecule has 0 atom stereocenters. The molecule has 0 bridgehead atoms. The topological polar surface area (TPSA) is 61.4 Å². The zero-order chi connectivity index (χ0) is 17.6. The van der Waals surface area contributed by atoms with Crippen molar-refractivity contribution in [2.24, 2.45) is 0 Å². The van der Waals surface area contributed by atoms with E-state index in [1.807, 2.05) is 60.7 Å². The maximum absolute atomic E-state index is 12.6. The van der Waals surface area contributed by atoms with Gasteiger partial charge in [-0.25, -0.2) is 4.79 Å². The number of nitrogens with zero attached hydrogens (tertiary/aromatic N) is 1. The van der Waals surface area contributed by atoms with Crippen LogP contribution in [0.5, 0.6) is 0 Å².